The number of benzene rings is 2. The second kappa shape index (κ2) is 5.31. The zero-order valence-electron chi connectivity index (χ0n) is 10.3. The molecule has 1 nitrogen and oxygen atoms in total. The van der Waals surface area contributed by atoms with E-state index in [2.05, 4.69) is 0 Å². The lowest BCUT2D eigenvalue weighted by Crippen LogP contribution is -2.05. The molecule has 0 aliphatic carbocycles. The fraction of sp³-hybridized carbons (Fsp3) is 0.143. The average molecular weight is 306 g/mol. The lowest BCUT2D eigenvalue weighted by molar-refractivity contribution is -0.138. The molecule has 0 saturated heterocycles. The number of hydrogen-bond donors (Lipinski definition) is 0. The normalized spacial score (nSPS) is 12.3. The molecule has 0 bridgehead atoms. The van der Waals surface area contributed by atoms with Gasteiger partial charge in [0.15, 0.2) is 0 Å². The Bertz CT molecular complexity index is 613. The van der Waals surface area contributed by atoms with E-state index in [4.69, 9.17) is 4.74 Å². The molecular formula is C14H8F6O. The first kappa shape index (κ1) is 15.2. The minimum Gasteiger partial charge on any atom is -0.457 e. The summed E-state index contributed by atoms with van der Waals surface area (Å²) >= 11 is 0. The van der Waals surface area contributed by atoms with Crippen LogP contribution in [0.3, 0.4) is 0 Å². The quantitative estimate of drug-likeness (QED) is 0.664. The summed E-state index contributed by atoms with van der Waals surface area (Å²) in [6.45, 7) is 0. The molecule has 7 heteroatoms. The van der Waals surface area contributed by atoms with Gasteiger partial charge in [0.05, 0.1) is 11.1 Å². The molecule has 0 amide bonds. The zero-order valence-corrected chi connectivity index (χ0v) is 10.3. The molecule has 0 saturated carbocycles. The predicted octanol–water partition coefficient (Wildman–Crippen LogP) is 5.52. The summed E-state index contributed by atoms with van der Waals surface area (Å²) in [5, 5.41) is 0. The van der Waals surface area contributed by atoms with E-state index in [9.17, 15) is 26.3 Å². The van der Waals surface area contributed by atoms with E-state index in [-0.39, 0.29) is 11.5 Å². The average Bonchev–Trinajstić information content (AvgIpc) is 2.37. The van der Waals surface area contributed by atoms with Gasteiger partial charge >= 0.3 is 12.4 Å². The highest BCUT2D eigenvalue weighted by atomic mass is 19.4. The van der Waals surface area contributed by atoms with Gasteiger partial charge < -0.3 is 4.74 Å². The third-order valence-electron chi connectivity index (χ3n) is 2.58. The zero-order chi connectivity index (χ0) is 15.7. The molecule has 0 atom stereocenters. The molecule has 0 N–H and O–H groups in total. The van der Waals surface area contributed by atoms with Crippen LogP contribution >= 0.6 is 0 Å². The summed E-state index contributed by atoms with van der Waals surface area (Å²) < 4.78 is 79.7. The Morgan fingerprint density at radius 2 is 1.19 bits per heavy atom. The molecule has 2 aromatic carbocycles. The summed E-state index contributed by atoms with van der Waals surface area (Å²) in [5.41, 5.74) is -1.76. The molecule has 0 unspecified atom stereocenters. The second-order valence-electron chi connectivity index (χ2n) is 4.15. The van der Waals surface area contributed by atoms with Crippen LogP contribution in [0, 0.1) is 0 Å². The van der Waals surface area contributed by atoms with Crippen LogP contribution < -0.4 is 4.74 Å². The van der Waals surface area contributed by atoms with Gasteiger partial charge in [-0.05, 0) is 42.5 Å². The molecule has 0 aliphatic rings. The Hall–Kier alpha value is -2.18. The number of halogens is 6. The van der Waals surface area contributed by atoms with Gasteiger partial charge in [0.1, 0.15) is 11.5 Å². The van der Waals surface area contributed by atoms with Gasteiger partial charge in [-0.2, -0.15) is 26.3 Å². The van der Waals surface area contributed by atoms with Crippen LogP contribution in [-0.4, -0.2) is 0 Å². The van der Waals surface area contributed by atoms with E-state index in [1.165, 1.54) is 6.07 Å². The van der Waals surface area contributed by atoms with Crippen molar-refractivity contribution in [1.29, 1.82) is 0 Å². The molecule has 0 aromatic heterocycles. The van der Waals surface area contributed by atoms with Crippen LogP contribution in [0.2, 0.25) is 0 Å². The molecule has 2 rings (SSSR count). The van der Waals surface area contributed by atoms with Gasteiger partial charge in [-0.25, -0.2) is 0 Å². The molecule has 0 heterocycles. The Balaban J connectivity index is 2.19. The SMILES string of the molecule is FC(F)(F)c1ccc(Oc2cccc(C(F)(F)F)c2)cc1. The predicted molar refractivity (Wildman–Crippen MR) is 63.0 cm³/mol. The standard InChI is InChI=1S/C14H8F6O/c15-13(16,17)9-4-6-11(7-5-9)21-12-3-1-2-10(8-12)14(18,19)20/h1-8H. The first-order valence-electron chi connectivity index (χ1n) is 5.68. The number of ether oxygens (including phenoxy) is 1. The summed E-state index contributed by atoms with van der Waals surface area (Å²) in [6.07, 6.45) is -8.99. The third-order valence-corrected chi connectivity index (χ3v) is 2.58. The van der Waals surface area contributed by atoms with Gasteiger partial charge in [-0.15, -0.1) is 0 Å². The Labute approximate surface area is 115 Å². The monoisotopic (exact) mass is 306 g/mol. The van der Waals surface area contributed by atoms with Crippen LogP contribution in [0.25, 0.3) is 0 Å². The highest BCUT2D eigenvalue weighted by Gasteiger charge is 2.31. The fourth-order valence-corrected chi connectivity index (χ4v) is 1.58. The van der Waals surface area contributed by atoms with Gasteiger partial charge in [0, 0.05) is 0 Å². The molecule has 0 spiro atoms. The van der Waals surface area contributed by atoms with Crippen molar-refractivity contribution < 1.29 is 31.1 Å². The van der Waals surface area contributed by atoms with Crippen molar-refractivity contribution in [3.8, 4) is 11.5 Å². The first-order valence-corrected chi connectivity index (χ1v) is 5.68. The maximum absolute atomic E-state index is 12.5. The Kier molecular flexibility index (Phi) is 3.85. The van der Waals surface area contributed by atoms with Crippen molar-refractivity contribution in [3.05, 3.63) is 59.7 Å². The van der Waals surface area contributed by atoms with E-state index in [1.807, 2.05) is 0 Å². The lowest BCUT2D eigenvalue weighted by Gasteiger charge is -2.11. The third kappa shape index (κ3) is 3.90. The fourth-order valence-electron chi connectivity index (χ4n) is 1.58. The van der Waals surface area contributed by atoms with Crippen LogP contribution in [0.15, 0.2) is 48.5 Å². The topological polar surface area (TPSA) is 9.23 Å². The van der Waals surface area contributed by atoms with E-state index < -0.39 is 23.5 Å². The highest BCUT2D eigenvalue weighted by Crippen LogP contribution is 2.34. The summed E-state index contributed by atoms with van der Waals surface area (Å²) in [6, 6.07) is 7.77. The van der Waals surface area contributed by atoms with Crippen molar-refractivity contribution in [3.63, 3.8) is 0 Å². The Morgan fingerprint density at radius 1 is 0.619 bits per heavy atom. The van der Waals surface area contributed by atoms with Crippen LogP contribution in [-0.2, 0) is 12.4 Å². The minimum atomic E-state index is -4.51. The van der Waals surface area contributed by atoms with Crippen molar-refractivity contribution in [2.24, 2.45) is 0 Å². The smallest absolute Gasteiger partial charge is 0.416 e. The van der Waals surface area contributed by atoms with Crippen molar-refractivity contribution in [2.45, 2.75) is 12.4 Å². The van der Waals surface area contributed by atoms with E-state index >= 15 is 0 Å². The Morgan fingerprint density at radius 3 is 1.71 bits per heavy atom. The molecule has 0 aliphatic heterocycles. The van der Waals surface area contributed by atoms with Gasteiger partial charge in [-0.1, -0.05) is 6.07 Å². The molecule has 112 valence electrons. The first-order chi connectivity index (χ1) is 9.66. The van der Waals surface area contributed by atoms with E-state index in [0.717, 1.165) is 42.5 Å². The van der Waals surface area contributed by atoms with Gasteiger partial charge in [0.25, 0.3) is 0 Å². The molecular weight excluding hydrogens is 298 g/mol. The second-order valence-corrected chi connectivity index (χ2v) is 4.15. The van der Waals surface area contributed by atoms with Crippen LogP contribution in [0.4, 0.5) is 26.3 Å². The molecule has 0 fully saturated rings. The lowest BCUT2D eigenvalue weighted by atomic mass is 10.2. The van der Waals surface area contributed by atoms with Crippen molar-refractivity contribution >= 4 is 0 Å². The number of alkyl halides is 6. The minimum absolute atomic E-state index is 0.0160. The molecule has 0 radical (unpaired) electrons. The van der Waals surface area contributed by atoms with Crippen molar-refractivity contribution in [1.82, 2.24) is 0 Å². The van der Waals surface area contributed by atoms with Crippen LogP contribution in [0.5, 0.6) is 11.5 Å². The van der Waals surface area contributed by atoms with E-state index in [0.29, 0.717) is 0 Å². The molecule has 21 heavy (non-hydrogen) atoms. The number of rotatable bonds is 2. The highest BCUT2D eigenvalue weighted by molar-refractivity contribution is 5.36. The summed E-state index contributed by atoms with van der Waals surface area (Å²) in [7, 11) is 0. The van der Waals surface area contributed by atoms with E-state index in [1.54, 1.807) is 0 Å². The molecule has 2 aromatic rings. The van der Waals surface area contributed by atoms with Gasteiger partial charge in [-0.3, -0.25) is 0 Å². The largest absolute Gasteiger partial charge is 0.457 e. The number of hydrogen-bond acceptors (Lipinski definition) is 1. The summed E-state index contributed by atoms with van der Waals surface area (Å²) in [4.78, 5) is 0. The summed E-state index contributed by atoms with van der Waals surface area (Å²) in [5.74, 6) is -0.0908. The van der Waals surface area contributed by atoms with Crippen molar-refractivity contribution in [2.75, 3.05) is 0 Å². The maximum atomic E-state index is 12.5. The maximum Gasteiger partial charge on any atom is 0.416 e. The van der Waals surface area contributed by atoms with Crippen LogP contribution in [0.1, 0.15) is 11.1 Å². The van der Waals surface area contributed by atoms with Gasteiger partial charge in [0.2, 0.25) is 0 Å².